The third-order valence-electron chi connectivity index (χ3n) is 4.84. The topological polar surface area (TPSA) is 75.7 Å². The second-order valence-corrected chi connectivity index (χ2v) is 9.16. The summed E-state index contributed by atoms with van der Waals surface area (Å²) in [5.41, 5.74) is 5.14. The Morgan fingerprint density at radius 2 is 1.61 bits per heavy atom. The minimum absolute atomic E-state index is 0.0783. The number of anilines is 1. The molecule has 2 aromatic rings. The van der Waals surface area contributed by atoms with Crippen molar-refractivity contribution in [3.63, 3.8) is 0 Å². The Balaban J connectivity index is 1.69. The summed E-state index contributed by atoms with van der Waals surface area (Å²) in [5, 5.41) is 2.96. The standard InChI is InChI=1S/C21H26N2O4S/c1-15-12-16(2)20(17(3)13-15)22-21(24)19-6-4-18(5-7-19)14-28(25,26)23-8-10-27-11-9-23/h4-7,12-13H,8-11,14H2,1-3H3,(H,22,24). The predicted molar refractivity (Wildman–Crippen MR) is 110 cm³/mol. The fourth-order valence-corrected chi connectivity index (χ4v) is 4.94. The summed E-state index contributed by atoms with van der Waals surface area (Å²) < 4.78 is 31.7. The molecule has 0 atom stereocenters. The zero-order chi connectivity index (χ0) is 20.3. The van der Waals surface area contributed by atoms with Crippen molar-refractivity contribution < 1.29 is 17.9 Å². The molecular formula is C21H26N2O4S. The molecule has 1 N–H and O–H groups in total. The highest BCUT2D eigenvalue weighted by Crippen LogP contribution is 2.23. The summed E-state index contributed by atoms with van der Waals surface area (Å²) in [4.78, 5) is 12.6. The SMILES string of the molecule is Cc1cc(C)c(NC(=O)c2ccc(CS(=O)(=O)N3CCOCC3)cc2)c(C)c1. The number of sulfonamides is 1. The van der Waals surface area contributed by atoms with Gasteiger partial charge in [-0.2, -0.15) is 4.31 Å². The minimum atomic E-state index is -3.38. The molecule has 0 radical (unpaired) electrons. The van der Waals surface area contributed by atoms with Crippen molar-refractivity contribution in [3.05, 3.63) is 64.2 Å². The molecule has 7 heteroatoms. The molecule has 0 bridgehead atoms. The maximum atomic E-state index is 12.6. The summed E-state index contributed by atoms with van der Waals surface area (Å²) in [5.74, 6) is -0.289. The normalized spacial score (nSPS) is 15.4. The van der Waals surface area contributed by atoms with Crippen LogP contribution in [0.2, 0.25) is 0 Å². The van der Waals surface area contributed by atoms with Crippen LogP contribution in [0, 0.1) is 20.8 Å². The molecule has 0 aromatic heterocycles. The fraction of sp³-hybridized carbons (Fsp3) is 0.381. The van der Waals surface area contributed by atoms with E-state index in [-0.39, 0.29) is 11.7 Å². The van der Waals surface area contributed by atoms with Gasteiger partial charge in [-0.3, -0.25) is 4.79 Å². The molecule has 0 aliphatic carbocycles. The minimum Gasteiger partial charge on any atom is -0.379 e. The lowest BCUT2D eigenvalue weighted by Crippen LogP contribution is -2.41. The number of nitrogens with zero attached hydrogens (tertiary/aromatic N) is 1. The molecule has 0 unspecified atom stereocenters. The van der Waals surface area contributed by atoms with E-state index in [0.29, 0.717) is 37.4 Å². The van der Waals surface area contributed by atoms with E-state index in [4.69, 9.17) is 4.74 Å². The van der Waals surface area contributed by atoms with Crippen LogP contribution in [0.3, 0.4) is 0 Å². The number of aryl methyl sites for hydroxylation is 3. The highest BCUT2D eigenvalue weighted by molar-refractivity contribution is 7.88. The van der Waals surface area contributed by atoms with Gasteiger partial charge in [0.15, 0.2) is 0 Å². The van der Waals surface area contributed by atoms with Gasteiger partial charge in [-0.1, -0.05) is 29.8 Å². The van der Waals surface area contributed by atoms with Crippen LogP contribution in [0.4, 0.5) is 5.69 Å². The smallest absolute Gasteiger partial charge is 0.255 e. The Morgan fingerprint density at radius 1 is 1.04 bits per heavy atom. The van der Waals surface area contributed by atoms with Gasteiger partial charge in [0.1, 0.15) is 0 Å². The highest BCUT2D eigenvalue weighted by Gasteiger charge is 2.24. The zero-order valence-corrected chi connectivity index (χ0v) is 17.3. The van der Waals surface area contributed by atoms with E-state index in [1.165, 1.54) is 4.31 Å². The van der Waals surface area contributed by atoms with Crippen LogP contribution in [-0.4, -0.2) is 44.9 Å². The first-order valence-electron chi connectivity index (χ1n) is 9.30. The van der Waals surface area contributed by atoms with Crippen molar-refractivity contribution in [1.29, 1.82) is 0 Å². The first-order valence-corrected chi connectivity index (χ1v) is 10.9. The highest BCUT2D eigenvalue weighted by atomic mass is 32.2. The summed E-state index contributed by atoms with van der Waals surface area (Å²) in [6.45, 7) is 7.59. The number of hydrogen-bond acceptors (Lipinski definition) is 4. The van der Waals surface area contributed by atoms with E-state index in [1.54, 1.807) is 24.3 Å². The molecule has 28 heavy (non-hydrogen) atoms. The Labute approximate surface area is 166 Å². The van der Waals surface area contributed by atoms with Gasteiger partial charge >= 0.3 is 0 Å². The van der Waals surface area contributed by atoms with Crippen molar-refractivity contribution >= 4 is 21.6 Å². The van der Waals surface area contributed by atoms with E-state index in [9.17, 15) is 13.2 Å². The lowest BCUT2D eigenvalue weighted by molar-refractivity contribution is 0.0729. The lowest BCUT2D eigenvalue weighted by atomic mass is 10.0. The second kappa shape index (κ2) is 8.43. The van der Waals surface area contributed by atoms with Crippen LogP contribution >= 0.6 is 0 Å². The first kappa shape index (κ1) is 20.5. The van der Waals surface area contributed by atoms with Gasteiger partial charge in [0.2, 0.25) is 10.0 Å². The summed E-state index contributed by atoms with van der Waals surface area (Å²) in [7, 11) is -3.38. The number of amides is 1. The molecule has 0 saturated carbocycles. The Kier molecular flexibility index (Phi) is 6.17. The Hall–Kier alpha value is -2.22. The van der Waals surface area contributed by atoms with E-state index in [2.05, 4.69) is 5.32 Å². The van der Waals surface area contributed by atoms with E-state index in [1.807, 2.05) is 32.9 Å². The van der Waals surface area contributed by atoms with E-state index in [0.717, 1.165) is 22.4 Å². The number of benzene rings is 2. The van der Waals surface area contributed by atoms with E-state index < -0.39 is 10.0 Å². The number of nitrogens with one attached hydrogen (secondary N) is 1. The van der Waals surface area contributed by atoms with Crippen molar-refractivity contribution in [2.45, 2.75) is 26.5 Å². The number of ether oxygens (including phenoxy) is 1. The largest absolute Gasteiger partial charge is 0.379 e. The second-order valence-electron chi connectivity index (χ2n) is 7.19. The zero-order valence-electron chi connectivity index (χ0n) is 16.5. The number of carbonyl (C=O) groups excluding carboxylic acids is 1. The lowest BCUT2D eigenvalue weighted by Gasteiger charge is -2.26. The molecular weight excluding hydrogens is 376 g/mol. The number of morpholine rings is 1. The van der Waals surface area contributed by atoms with Crippen molar-refractivity contribution in [1.82, 2.24) is 4.31 Å². The monoisotopic (exact) mass is 402 g/mol. The predicted octanol–water partition coefficient (Wildman–Crippen LogP) is 3.03. The summed E-state index contributed by atoms with van der Waals surface area (Å²) in [6.07, 6.45) is 0. The van der Waals surface area contributed by atoms with Gasteiger partial charge in [-0.15, -0.1) is 0 Å². The van der Waals surface area contributed by atoms with Crippen LogP contribution in [0.5, 0.6) is 0 Å². The fourth-order valence-electron chi connectivity index (χ4n) is 3.44. The molecule has 2 aromatic carbocycles. The van der Waals surface area contributed by atoms with Crippen molar-refractivity contribution in [2.75, 3.05) is 31.6 Å². The third kappa shape index (κ3) is 4.79. The maximum Gasteiger partial charge on any atom is 0.255 e. The third-order valence-corrected chi connectivity index (χ3v) is 6.69. The van der Waals surface area contributed by atoms with Crippen LogP contribution in [-0.2, 0) is 20.5 Å². The number of hydrogen-bond donors (Lipinski definition) is 1. The molecule has 1 amide bonds. The average molecular weight is 403 g/mol. The summed E-state index contributed by atoms with van der Waals surface area (Å²) in [6, 6.07) is 10.8. The Bertz CT molecular complexity index is 939. The van der Waals surface area contributed by atoms with Crippen LogP contribution in [0.25, 0.3) is 0 Å². The van der Waals surface area contributed by atoms with Gasteiger partial charge in [0.05, 0.1) is 19.0 Å². The van der Waals surface area contributed by atoms with Gasteiger partial charge in [-0.25, -0.2) is 8.42 Å². The molecule has 0 spiro atoms. The Morgan fingerprint density at radius 3 is 2.18 bits per heavy atom. The number of carbonyl (C=O) groups is 1. The molecule has 3 rings (SSSR count). The van der Waals surface area contributed by atoms with E-state index >= 15 is 0 Å². The van der Waals surface area contributed by atoms with Gasteiger partial charge in [-0.05, 0) is 49.6 Å². The molecule has 150 valence electrons. The van der Waals surface area contributed by atoms with Crippen LogP contribution < -0.4 is 5.32 Å². The van der Waals surface area contributed by atoms with Crippen LogP contribution in [0.1, 0.15) is 32.6 Å². The summed E-state index contributed by atoms with van der Waals surface area (Å²) >= 11 is 0. The van der Waals surface area contributed by atoms with Crippen molar-refractivity contribution in [3.8, 4) is 0 Å². The number of rotatable bonds is 5. The van der Waals surface area contributed by atoms with Gasteiger partial charge in [0, 0.05) is 24.3 Å². The molecule has 1 saturated heterocycles. The molecule has 1 aliphatic rings. The molecule has 1 heterocycles. The first-order chi connectivity index (χ1) is 13.3. The quantitative estimate of drug-likeness (QED) is 0.834. The maximum absolute atomic E-state index is 12.6. The van der Waals surface area contributed by atoms with Gasteiger partial charge in [0.25, 0.3) is 5.91 Å². The van der Waals surface area contributed by atoms with Crippen LogP contribution in [0.15, 0.2) is 36.4 Å². The van der Waals surface area contributed by atoms with Crippen molar-refractivity contribution in [2.24, 2.45) is 0 Å². The molecule has 1 aliphatic heterocycles. The molecule has 1 fully saturated rings. The van der Waals surface area contributed by atoms with Gasteiger partial charge < -0.3 is 10.1 Å². The molecule has 6 nitrogen and oxygen atoms in total. The average Bonchev–Trinajstić information content (AvgIpc) is 2.65.